The molecule has 5 rings (SSSR count). The number of ether oxygens (including phenoxy) is 1. The summed E-state index contributed by atoms with van der Waals surface area (Å²) in [5, 5.41) is 35.3. The summed E-state index contributed by atoms with van der Waals surface area (Å²) in [7, 11) is 0. The Morgan fingerprint density at radius 2 is 1.86 bits per heavy atom. The predicted octanol–water partition coefficient (Wildman–Crippen LogP) is 0.726. The Bertz CT molecular complexity index is 1350. The number of nitrogen functional groups attached to an aromatic ring is 1. The Hall–Kier alpha value is -4.17. The molecule has 7 N–H and O–H groups in total. The van der Waals surface area contributed by atoms with Crippen molar-refractivity contribution in [1.29, 1.82) is 0 Å². The second-order valence-corrected chi connectivity index (χ2v) is 7.88. The van der Waals surface area contributed by atoms with Crippen LogP contribution in [0.2, 0.25) is 0 Å². The molecule has 0 radical (unpaired) electrons. The third kappa shape index (κ3) is 4.36. The Labute approximate surface area is 198 Å². The van der Waals surface area contributed by atoms with Gasteiger partial charge in [0.25, 0.3) is 0 Å². The van der Waals surface area contributed by atoms with Gasteiger partial charge in [0.15, 0.2) is 23.5 Å². The monoisotopic (exact) mass is 478 g/mol. The van der Waals surface area contributed by atoms with E-state index in [1.165, 1.54) is 17.1 Å². The molecule has 0 unspecified atom stereocenters. The number of urea groups is 1. The predicted molar refractivity (Wildman–Crippen MR) is 125 cm³/mol. The van der Waals surface area contributed by atoms with Crippen LogP contribution in [0.5, 0.6) is 0 Å². The van der Waals surface area contributed by atoms with Gasteiger partial charge in [0.2, 0.25) is 0 Å². The van der Waals surface area contributed by atoms with Gasteiger partial charge < -0.3 is 36.4 Å². The van der Waals surface area contributed by atoms with Crippen LogP contribution in [0.3, 0.4) is 0 Å². The number of nitrogens with two attached hydrogens (primary N) is 1. The molecule has 4 atom stereocenters. The van der Waals surface area contributed by atoms with Crippen molar-refractivity contribution in [2.24, 2.45) is 0 Å². The summed E-state index contributed by atoms with van der Waals surface area (Å²) in [5.74, 6) is 0.406. The van der Waals surface area contributed by atoms with E-state index < -0.39 is 37.2 Å². The van der Waals surface area contributed by atoms with Crippen molar-refractivity contribution in [1.82, 2.24) is 24.5 Å². The highest BCUT2D eigenvalue weighted by Gasteiger charge is 2.44. The number of nitrogens with one attached hydrogen (secondary N) is 2. The molecule has 1 aliphatic rings. The van der Waals surface area contributed by atoms with Gasteiger partial charge in [-0.05, 0) is 36.4 Å². The molecule has 0 aliphatic carbocycles. The Morgan fingerprint density at radius 3 is 2.54 bits per heavy atom. The Morgan fingerprint density at radius 1 is 1.09 bits per heavy atom. The lowest BCUT2D eigenvalue weighted by Crippen LogP contribution is -2.33. The second-order valence-electron chi connectivity index (χ2n) is 7.88. The van der Waals surface area contributed by atoms with E-state index in [1.807, 2.05) is 0 Å². The molecule has 4 heterocycles. The van der Waals surface area contributed by atoms with Crippen molar-refractivity contribution in [3.63, 3.8) is 0 Å². The average Bonchev–Trinajstić information content (AvgIpc) is 3.41. The van der Waals surface area contributed by atoms with Gasteiger partial charge in [-0.2, -0.15) is 0 Å². The number of benzene rings is 1. The van der Waals surface area contributed by atoms with Gasteiger partial charge in [0, 0.05) is 17.4 Å². The van der Waals surface area contributed by atoms with Gasteiger partial charge in [-0.25, -0.2) is 19.7 Å². The number of carbonyl (C=O) groups is 1. The molecular weight excluding hydrogens is 456 g/mol. The molecule has 0 spiro atoms. The van der Waals surface area contributed by atoms with E-state index in [4.69, 9.17) is 10.5 Å². The fraction of sp³-hybridized carbons (Fsp3) is 0.227. The number of nitrogens with zero attached hydrogens (tertiary/aromatic N) is 5. The highest BCUT2D eigenvalue weighted by Crippen LogP contribution is 2.33. The maximum Gasteiger partial charge on any atom is 0.323 e. The van der Waals surface area contributed by atoms with Crippen molar-refractivity contribution in [3.05, 3.63) is 55.1 Å². The standard InChI is InChI=1S/C22H22N8O5/c23-18-15-20(30(10-25-15)21-17(33)16(32)14(9-31)35-21)29-19(28-18)11-3-5-12(6-4-11)26-22(34)27-13-2-1-7-24-8-13/h1-8,10,14,16-17,21,31-33H,9H2,(H2,23,28,29)(H2,26,27,34)/t14-,16-,17-,21-/m1/s1. The summed E-state index contributed by atoms with van der Waals surface area (Å²) in [4.78, 5) is 29.2. The van der Waals surface area contributed by atoms with Crippen LogP contribution in [0.1, 0.15) is 6.23 Å². The molecule has 1 aliphatic heterocycles. The molecule has 180 valence electrons. The number of pyridine rings is 1. The lowest BCUT2D eigenvalue weighted by molar-refractivity contribution is -0.0511. The lowest BCUT2D eigenvalue weighted by Gasteiger charge is -2.16. The summed E-state index contributed by atoms with van der Waals surface area (Å²) in [5.41, 5.74) is 8.41. The van der Waals surface area contributed by atoms with Gasteiger partial charge in [-0.1, -0.05) is 0 Å². The fourth-order valence-corrected chi connectivity index (χ4v) is 3.80. The molecule has 1 aromatic carbocycles. The normalized spacial score (nSPS) is 21.8. The molecule has 0 bridgehead atoms. The number of carbonyl (C=O) groups excluding carboxylic acids is 1. The number of imidazole rings is 1. The number of anilines is 3. The minimum absolute atomic E-state index is 0.119. The number of aliphatic hydroxyl groups excluding tert-OH is 3. The summed E-state index contributed by atoms with van der Waals surface area (Å²) < 4.78 is 7.03. The number of amides is 2. The summed E-state index contributed by atoms with van der Waals surface area (Å²) in [6.07, 6.45) is 0.00258. The quantitative estimate of drug-likeness (QED) is 0.238. The number of aliphatic hydroxyl groups is 3. The van der Waals surface area contributed by atoms with Gasteiger partial charge in [0.05, 0.1) is 24.8 Å². The average molecular weight is 478 g/mol. The Kier molecular flexibility index (Phi) is 5.96. The van der Waals surface area contributed by atoms with Crippen molar-refractivity contribution >= 4 is 34.4 Å². The van der Waals surface area contributed by atoms with E-state index in [2.05, 4.69) is 30.6 Å². The zero-order valence-corrected chi connectivity index (χ0v) is 18.2. The van der Waals surface area contributed by atoms with Gasteiger partial charge >= 0.3 is 6.03 Å². The number of hydrogen-bond acceptors (Lipinski definition) is 10. The van der Waals surface area contributed by atoms with E-state index in [0.29, 0.717) is 28.1 Å². The van der Waals surface area contributed by atoms with Crippen LogP contribution in [0.15, 0.2) is 55.1 Å². The molecule has 4 aromatic rings. The van der Waals surface area contributed by atoms with E-state index >= 15 is 0 Å². The molecule has 0 saturated carbocycles. The first-order valence-corrected chi connectivity index (χ1v) is 10.7. The van der Waals surface area contributed by atoms with E-state index in [1.54, 1.807) is 42.6 Å². The first-order chi connectivity index (χ1) is 16.9. The van der Waals surface area contributed by atoms with Crippen LogP contribution in [-0.4, -0.2) is 70.8 Å². The molecule has 1 fully saturated rings. The highest BCUT2D eigenvalue weighted by molar-refractivity contribution is 5.99. The number of aromatic nitrogens is 5. The SMILES string of the molecule is Nc1nc(-c2ccc(NC(=O)Nc3cccnc3)cc2)nc2c1ncn2[C@@H]1O[C@H](CO)[C@@H](O)[C@H]1O. The molecular formula is C22H22N8O5. The van der Waals surface area contributed by atoms with E-state index in [9.17, 15) is 20.1 Å². The highest BCUT2D eigenvalue weighted by atomic mass is 16.6. The first kappa shape index (κ1) is 22.6. The summed E-state index contributed by atoms with van der Waals surface area (Å²) in [6.45, 7) is -0.454. The third-order valence-corrected chi connectivity index (χ3v) is 5.56. The smallest absolute Gasteiger partial charge is 0.323 e. The molecule has 13 nitrogen and oxygen atoms in total. The van der Waals surface area contributed by atoms with Crippen molar-refractivity contribution in [2.75, 3.05) is 23.0 Å². The largest absolute Gasteiger partial charge is 0.394 e. The first-order valence-electron chi connectivity index (χ1n) is 10.7. The molecule has 35 heavy (non-hydrogen) atoms. The van der Waals surface area contributed by atoms with Crippen LogP contribution < -0.4 is 16.4 Å². The fourth-order valence-electron chi connectivity index (χ4n) is 3.80. The zero-order chi connectivity index (χ0) is 24.5. The molecule has 2 amide bonds. The van der Waals surface area contributed by atoms with E-state index in [-0.39, 0.29) is 11.6 Å². The van der Waals surface area contributed by atoms with Crippen molar-refractivity contribution < 1.29 is 24.9 Å². The van der Waals surface area contributed by atoms with Crippen molar-refractivity contribution in [3.8, 4) is 11.4 Å². The van der Waals surface area contributed by atoms with Crippen LogP contribution >= 0.6 is 0 Å². The van der Waals surface area contributed by atoms with Gasteiger partial charge in [-0.15, -0.1) is 0 Å². The number of hydrogen-bond donors (Lipinski definition) is 6. The maximum absolute atomic E-state index is 12.2. The third-order valence-electron chi connectivity index (χ3n) is 5.56. The van der Waals surface area contributed by atoms with Crippen LogP contribution in [0.4, 0.5) is 22.0 Å². The minimum Gasteiger partial charge on any atom is -0.394 e. The molecule has 3 aromatic heterocycles. The Balaban J connectivity index is 1.38. The second kappa shape index (κ2) is 9.23. The van der Waals surface area contributed by atoms with Gasteiger partial charge in [0.1, 0.15) is 23.8 Å². The maximum atomic E-state index is 12.2. The number of fused-ring (bicyclic) bond motifs is 1. The molecule has 1 saturated heterocycles. The van der Waals surface area contributed by atoms with Crippen LogP contribution in [0.25, 0.3) is 22.6 Å². The number of rotatable bonds is 5. The van der Waals surface area contributed by atoms with Gasteiger partial charge in [-0.3, -0.25) is 9.55 Å². The summed E-state index contributed by atoms with van der Waals surface area (Å²) >= 11 is 0. The van der Waals surface area contributed by atoms with Crippen LogP contribution in [0, 0.1) is 0 Å². The topological polar surface area (TPSA) is 194 Å². The lowest BCUT2D eigenvalue weighted by atomic mass is 10.1. The van der Waals surface area contributed by atoms with Crippen LogP contribution in [-0.2, 0) is 4.74 Å². The van der Waals surface area contributed by atoms with Crippen molar-refractivity contribution in [2.45, 2.75) is 24.5 Å². The summed E-state index contributed by atoms with van der Waals surface area (Å²) in [6, 6.07) is 9.82. The van der Waals surface area contributed by atoms with E-state index in [0.717, 1.165) is 0 Å². The molecule has 13 heteroatoms. The minimum atomic E-state index is -1.30. The zero-order valence-electron chi connectivity index (χ0n) is 18.2.